The molecule has 0 spiro atoms. The van der Waals surface area contributed by atoms with Gasteiger partial charge in [0.15, 0.2) is 11.5 Å². The monoisotopic (exact) mass is 354 g/mol. The lowest BCUT2D eigenvalue weighted by Crippen LogP contribution is -2.27. The number of ether oxygens (including phenoxy) is 1. The zero-order valence-corrected chi connectivity index (χ0v) is 14.0. The summed E-state index contributed by atoms with van der Waals surface area (Å²) in [4.78, 5) is 14.7. The molecule has 3 heterocycles. The fourth-order valence-corrected chi connectivity index (χ4v) is 2.94. The number of fused-ring (bicyclic) bond motifs is 1. The minimum atomic E-state index is 0.121. The van der Waals surface area contributed by atoms with Crippen LogP contribution in [0, 0.1) is 0 Å². The van der Waals surface area contributed by atoms with Gasteiger partial charge in [-0.1, -0.05) is 17.7 Å². The third-order valence-corrected chi connectivity index (χ3v) is 4.19. The van der Waals surface area contributed by atoms with Crippen LogP contribution in [0.2, 0.25) is 5.02 Å². The summed E-state index contributed by atoms with van der Waals surface area (Å²) in [6.45, 7) is 1.56. The van der Waals surface area contributed by atoms with Crippen LogP contribution in [-0.4, -0.2) is 33.2 Å². The SMILES string of the molecule is Oc1cc(-c2cccnc2)cc2c1OCCN(c1ncc(Cl)cn1)C2. The van der Waals surface area contributed by atoms with Crippen molar-refractivity contribution in [2.75, 3.05) is 18.1 Å². The molecule has 0 saturated heterocycles. The summed E-state index contributed by atoms with van der Waals surface area (Å²) in [6, 6.07) is 7.51. The van der Waals surface area contributed by atoms with E-state index in [4.69, 9.17) is 16.3 Å². The van der Waals surface area contributed by atoms with Gasteiger partial charge in [-0.3, -0.25) is 4.98 Å². The van der Waals surface area contributed by atoms with Gasteiger partial charge in [0.25, 0.3) is 0 Å². The van der Waals surface area contributed by atoms with E-state index in [9.17, 15) is 5.11 Å². The predicted octanol–water partition coefficient (Wildman–Crippen LogP) is 3.30. The summed E-state index contributed by atoms with van der Waals surface area (Å²) in [5, 5.41) is 10.9. The highest BCUT2D eigenvalue weighted by Crippen LogP contribution is 2.37. The first-order valence-corrected chi connectivity index (χ1v) is 8.20. The van der Waals surface area contributed by atoms with E-state index in [1.165, 1.54) is 0 Å². The highest BCUT2D eigenvalue weighted by atomic mass is 35.5. The molecule has 4 rings (SSSR count). The number of aromatic nitrogens is 3. The van der Waals surface area contributed by atoms with Crippen molar-refractivity contribution in [1.82, 2.24) is 15.0 Å². The lowest BCUT2D eigenvalue weighted by molar-refractivity contribution is 0.311. The molecule has 1 aliphatic rings. The lowest BCUT2D eigenvalue weighted by atomic mass is 10.0. The second kappa shape index (κ2) is 6.57. The first-order chi connectivity index (χ1) is 12.2. The largest absolute Gasteiger partial charge is 0.504 e. The number of pyridine rings is 1. The number of benzene rings is 1. The third-order valence-electron chi connectivity index (χ3n) is 4.00. The van der Waals surface area contributed by atoms with E-state index in [1.54, 1.807) is 30.9 Å². The maximum absolute atomic E-state index is 10.4. The molecule has 1 aromatic carbocycles. The summed E-state index contributed by atoms with van der Waals surface area (Å²) in [5.41, 5.74) is 2.68. The maximum atomic E-state index is 10.4. The van der Waals surface area contributed by atoms with Crippen LogP contribution in [0.25, 0.3) is 11.1 Å². The van der Waals surface area contributed by atoms with Crippen molar-refractivity contribution in [3.8, 4) is 22.6 Å². The molecule has 2 aromatic heterocycles. The molecule has 0 unspecified atom stereocenters. The Morgan fingerprint density at radius 2 is 1.96 bits per heavy atom. The summed E-state index contributed by atoms with van der Waals surface area (Å²) in [5.74, 6) is 1.20. The first-order valence-electron chi connectivity index (χ1n) is 7.82. The minimum Gasteiger partial charge on any atom is -0.504 e. The first kappa shape index (κ1) is 15.7. The molecule has 1 N–H and O–H groups in total. The van der Waals surface area contributed by atoms with E-state index < -0.39 is 0 Å². The second-order valence-corrected chi connectivity index (χ2v) is 6.13. The molecule has 0 radical (unpaired) electrons. The number of phenols is 1. The van der Waals surface area contributed by atoms with Gasteiger partial charge >= 0.3 is 0 Å². The molecule has 3 aromatic rings. The number of hydrogen-bond donors (Lipinski definition) is 1. The van der Waals surface area contributed by atoms with Gasteiger partial charge in [0.1, 0.15) is 6.61 Å². The fourth-order valence-electron chi connectivity index (χ4n) is 2.84. The molecule has 0 saturated carbocycles. The van der Waals surface area contributed by atoms with Crippen molar-refractivity contribution >= 4 is 17.5 Å². The number of phenolic OH excluding ortho intramolecular Hbond substituents is 1. The van der Waals surface area contributed by atoms with Crippen LogP contribution in [-0.2, 0) is 6.54 Å². The van der Waals surface area contributed by atoms with Crippen molar-refractivity contribution in [2.24, 2.45) is 0 Å². The van der Waals surface area contributed by atoms with Crippen LogP contribution >= 0.6 is 11.6 Å². The Hall–Kier alpha value is -2.86. The van der Waals surface area contributed by atoms with Gasteiger partial charge in [0.2, 0.25) is 5.95 Å². The highest BCUT2D eigenvalue weighted by Gasteiger charge is 2.21. The minimum absolute atomic E-state index is 0.121. The molecule has 126 valence electrons. The van der Waals surface area contributed by atoms with Gasteiger partial charge in [-0.05, 0) is 23.8 Å². The number of anilines is 1. The van der Waals surface area contributed by atoms with Gasteiger partial charge in [-0.15, -0.1) is 0 Å². The number of rotatable bonds is 2. The number of hydrogen-bond acceptors (Lipinski definition) is 6. The summed E-state index contributed by atoms with van der Waals surface area (Å²) in [6.07, 6.45) is 6.62. The Labute approximate surface area is 149 Å². The Bertz CT molecular complexity index is 888. The van der Waals surface area contributed by atoms with Crippen molar-refractivity contribution in [3.63, 3.8) is 0 Å². The topological polar surface area (TPSA) is 71.4 Å². The number of nitrogens with zero attached hydrogens (tertiary/aromatic N) is 4. The van der Waals surface area contributed by atoms with E-state index >= 15 is 0 Å². The average molecular weight is 355 g/mol. The summed E-state index contributed by atoms with van der Waals surface area (Å²) >= 11 is 5.87. The average Bonchev–Trinajstić information content (AvgIpc) is 2.86. The van der Waals surface area contributed by atoms with Crippen molar-refractivity contribution < 1.29 is 9.84 Å². The summed E-state index contributed by atoms with van der Waals surface area (Å²) in [7, 11) is 0. The van der Waals surface area contributed by atoms with Gasteiger partial charge in [-0.25, -0.2) is 9.97 Å². The van der Waals surface area contributed by atoms with E-state index in [0.29, 0.717) is 36.4 Å². The lowest BCUT2D eigenvalue weighted by Gasteiger charge is -2.19. The molecular formula is C18H15ClN4O2. The molecular weight excluding hydrogens is 340 g/mol. The Morgan fingerprint density at radius 1 is 1.12 bits per heavy atom. The molecule has 0 atom stereocenters. The Balaban J connectivity index is 1.72. The maximum Gasteiger partial charge on any atom is 0.225 e. The Morgan fingerprint density at radius 3 is 2.72 bits per heavy atom. The van der Waals surface area contributed by atoms with E-state index in [0.717, 1.165) is 16.7 Å². The molecule has 0 amide bonds. The van der Waals surface area contributed by atoms with Crippen molar-refractivity contribution in [3.05, 3.63) is 59.6 Å². The predicted molar refractivity (Wildman–Crippen MR) is 94.9 cm³/mol. The smallest absolute Gasteiger partial charge is 0.225 e. The van der Waals surface area contributed by atoms with Crippen LogP contribution in [0.1, 0.15) is 5.56 Å². The quantitative estimate of drug-likeness (QED) is 0.761. The molecule has 6 nitrogen and oxygen atoms in total. The van der Waals surface area contributed by atoms with Gasteiger partial charge in [0, 0.05) is 30.1 Å². The van der Waals surface area contributed by atoms with Crippen LogP contribution in [0.5, 0.6) is 11.5 Å². The van der Waals surface area contributed by atoms with Gasteiger partial charge < -0.3 is 14.7 Å². The van der Waals surface area contributed by atoms with Crippen molar-refractivity contribution in [1.29, 1.82) is 0 Å². The standard InChI is InChI=1S/C18H15ClN4O2/c19-15-9-21-18(22-10-15)23-4-5-25-17-14(11-23)6-13(7-16(17)24)12-2-1-3-20-8-12/h1-3,6-10,24H,4-5,11H2. The molecule has 25 heavy (non-hydrogen) atoms. The zero-order chi connectivity index (χ0) is 17.2. The van der Waals surface area contributed by atoms with E-state index in [2.05, 4.69) is 15.0 Å². The molecule has 0 aliphatic carbocycles. The van der Waals surface area contributed by atoms with Crippen molar-refractivity contribution in [2.45, 2.75) is 6.54 Å². The number of halogens is 1. The van der Waals surface area contributed by atoms with E-state index in [-0.39, 0.29) is 5.75 Å². The highest BCUT2D eigenvalue weighted by molar-refractivity contribution is 6.30. The second-order valence-electron chi connectivity index (χ2n) is 5.70. The van der Waals surface area contributed by atoms with Crippen LogP contribution in [0.3, 0.4) is 0 Å². The summed E-state index contributed by atoms with van der Waals surface area (Å²) < 4.78 is 5.76. The molecule has 0 bridgehead atoms. The van der Waals surface area contributed by atoms with Gasteiger partial charge in [0.05, 0.1) is 24.0 Å². The molecule has 0 fully saturated rings. The third kappa shape index (κ3) is 3.21. The molecule has 1 aliphatic heterocycles. The zero-order valence-electron chi connectivity index (χ0n) is 13.3. The van der Waals surface area contributed by atoms with Crippen LogP contribution in [0.4, 0.5) is 5.95 Å². The Kier molecular flexibility index (Phi) is 4.11. The van der Waals surface area contributed by atoms with Crippen LogP contribution < -0.4 is 9.64 Å². The normalized spacial score (nSPS) is 13.7. The number of aromatic hydroxyl groups is 1. The fraction of sp³-hybridized carbons (Fsp3) is 0.167. The van der Waals surface area contributed by atoms with E-state index in [1.807, 2.05) is 23.1 Å². The van der Waals surface area contributed by atoms with Crippen LogP contribution in [0.15, 0.2) is 49.1 Å². The van der Waals surface area contributed by atoms with Gasteiger partial charge in [-0.2, -0.15) is 0 Å². The molecule has 7 heteroatoms.